The van der Waals surface area contributed by atoms with Gasteiger partial charge in [-0.1, -0.05) is 200 Å². The summed E-state index contributed by atoms with van der Waals surface area (Å²) in [6.45, 7) is 83.0. The number of pyridine rings is 3. The number of aromatic nitrogens is 9. The molecule has 0 saturated heterocycles. The van der Waals surface area contributed by atoms with Crippen molar-refractivity contribution in [2.75, 3.05) is 0 Å². The minimum Gasteiger partial charge on any atom is -0.260 e. The van der Waals surface area contributed by atoms with Crippen LogP contribution in [0, 0.1) is 69.2 Å². The van der Waals surface area contributed by atoms with Gasteiger partial charge in [-0.3, -0.25) is 24.9 Å². The quantitative estimate of drug-likeness (QED) is 0.105. The molecular formula is C79H131N9Y6. The molecule has 0 aliphatic heterocycles. The second-order valence-corrected chi connectivity index (χ2v) is 29.4. The van der Waals surface area contributed by atoms with Crippen molar-refractivity contribution in [3.05, 3.63) is 154 Å². The molecule has 9 nitrogen and oxygen atoms in total. The van der Waals surface area contributed by atoms with Crippen molar-refractivity contribution < 1.29 is 196 Å². The zero-order valence-corrected chi connectivity index (χ0v) is 84.3. The van der Waals surface area contributed by atoms with Crippen LogP contribution in [0.2, 0.25) is 0 Å². The molecule has 6 heterocycles. The number of hydrogen-bond donors (Lipinski definition) is 0. The number of hydrogen-bond acceptors (Lipinski definition) is 9. The maximum absolute atomic E-state index is 4.91. The fraction of sp³-hybridized carbons (Fsp3) is 0.658. The third-order valence-corrected chi connectivity index (χ3v) is 16.2. The summed E-state index contributed by atoms with van der Waals surface area (Å²) in [6, 6.07) is 2.26. The summed E-state index contributed by atoms with van der Waals surface area (Å²) in [5.41, 5.74) is 27.9. The second-order valence-electron chi connectivity index (χ2n) is 29.4. The molecule has 0 atom stereocenters. The molecular weight excluding hydrogens is 1610 g/mol. The summed E-state index contributed by atoms with van der Waals surface area (Å²) in [5.74, 6) is 8.84. The molecule has 0 amide bonds. The second kappa shape index (κ2) is 50.7. The average Bonchev–Trinajstić information content (AvgIpc) is 0.817. The Morgan fingerprint density at radius 2 is 0.457 bits per heavy atom. The number of rotatable bonds is 14. The Bertz CT molecular complexity index is 2940. The first-order valence-corrected chi connectivity index (χ1v) is 34.0. The van der Waals surface area contributed by atoms with E-state index in [1.165, 1.54) is 101 Å². The molecule has 0 bridgehead atoms. The van der Waals surface area contributed by atoms with E-state index >= 15 is 0 Å². The van der Waals surface area contributed by atoms with Crippen molar-refractivity contribution in [2.24, 2.45) is 0 Å². The van der Waals surface area contributed by atoms with Crippen LogP contribution in [-0.4, -0.2) is 44.9 Å². The summed E-state index contributed by atoms with van der Waals surface area (Å²) in [4.78, 5) is 41.7. The van der Waals surface area contributed by atoms with Gasteiger partial charge in [0.05, 0.1) is 22.8 Å². The van der Waals surface area contributed by atoms with Crippen LogP contribution in [0.15, 0.2) is 18.5 Å². The number of nitrogens with zero attached hydrogens (tertiary/aromatic N) is 9. The van der Waals surface area contributed by atoms with Crippen LogP contribution in [0.5, 0.6) is 0 Å². The molecule has 15 heteroatoms. The largest absolute Gasteiger partial charge is 0.260 e. The molecule has 6 rings (SSSR count). The molecule has 510 valence electrons. The van der Waals surface area contributed by atoms with Crippen LogP contribution in [-0.2, 0) is 196 Å². The van der Waals surface area contributed by atoms with Crippen molar-refractivity contribution in [2.45, 2.75) is 346 Å². The molecule has 0 aromatic carbocycles. The molecule has 0 saturated carbocycles. The molecule has 0 spiro atoms. The van der Waals surface area contributed by atoms with Gasteiger partial charge < -0.3 is 0 Å². The molecule has 6 aromatic rings. The van der Waals surface area contributed by atoms with Crippen molar-refractivity contribution in [3.63, 3.8) is 0 Å². The summed E-state index contributed by atoms with van der Waals surface area (Å²) < 4.78 is 0. The van der Waals surface area contributed by atoms with Crippen LogP contribution >= 0.6 is 0 Å². The van der Waals surface area contributed by atoms with Gasteiger partial charge in [0.2, 0.25) is 0 Å². The van der Waals surface area contributed by atoms with Crippen LogP contribution in [0.25, 0.3) is 0 Å². The van der Waals surface area contributed by atoms with Crippen LogP contribution < -0.4 is 0 Å². The summed E-state index contributed by atoms with van der Waals surface area (Å²) >= 11 is 0. The van der Waals surface area contributed by atoms with Gasteiger partial charge in [0.1, 0.15) is 11.6 Å². The molecule has 0 unspecified atom stereocenters. The topological polar surface area (TPSA) is 116 Å². The first kappa shape index (κ1) is 106. The van der Waals surface area contributed by atoms with Crippen molar-refractivity contribution in [1.29, 1.82) is 0 Å². The summed E-state index contributed by atoms with van der Waals surface area (Å²) in [6.07, 6.45) is 3.94. The first-order valence-electron chi connectivity index (χ1n) is 34.0. The Morgan fingerprint density at radius 3 is 0.755 bits per heavy atom. The van der Waals surface area contributed by atoms with E-state index in [9.17, 15) is 0 Å². The zero-order valence-electron chi connectivity index (χ0n) is 67.3. The van der Waals surface area contributed by atoms with Crippen molar-refractivity contribution in [1.82, 2.24) is 44.9 Å². The van der Waals surface area contributed by atoms with Gasteiger partial charge in [0.15, 0.2) is 0 Å². The first-order chi connectivity index (χ1) is 40.4. The molecule has 94 heavy (non-hydrogen) atoms. The fourth-order valence-electron chi connectivity index (χ4n) is 12.1. The molecule has 0 aliphatic carbocycles. The molecule has 0 aliphatic rings. The third kappa shape index (κ3) is 33.0. The van der Waals surface area contributed by atoms with Crippen molar-refractivity contribution >= 4 is 0 Å². The van der Waals surface area contributed by atoms with Crippen molar-refractivity contribution in [3.8, 4) is 0 Å². The van der Waals surface area contributed by atoms with E-state index in [4.69, 9.17) is 24.9 Å². The Labute approximate surface area is 730 Å². The monoisotopic (exact) mass is 1740 g/mol. The van der Waals surface area contributed by atoms with Crippen LogP contribution in [0.3, 0.4) is 0 Å². The van der Waals surface area contributed by atoms with Gasteiger partial charge in [-0.15, -0.1) is 0 Å². The zero-order chi connectivity index (χ0) is 68.4. The maximum Gasteiger partial charge on any atom is 0.131 e. The van der Waals surface area contributed by atoms with Gasteiger partial charge in [0.25, 0.3) is 0 Å². The predicted molar refractivity (Wildman–Crippen MR) is 383 cm³/mol. The normalized spacial score (nSPS) is 10.9. The number of aryl methyl sites for hydroxylation is 6. The fourth-order valence-corrected chi connectivity index (χ4v) is 12.1. The van der Waals surface area contributed by atoms with Gasteiger partial charge >= 0.3 is 0 Å². The summed E-state index contributed by atoms with van der Waals surface area (Å²) in [5, 5.41) is 0. The van der Waals surface area contributed by atoms with E-state index < -0.39 is 0 Å². The van der Waals surface area contributed by atoms with E-state index in [1.54, 1.807) is 0 Å². The van der Waals surface area contributed by atoms with E-state index in [-0.39, 0.29) is 196 Å². The van der Waals surface area contributed by atoms with Crippen LogP contribution in [0.4, 0.5) is 0 Å². The van der Waals surface area contributed by atoms with E-state index in [1.807, 2.05) is 26.2 Å². The van der Waals surface area contributed by atoms with Crippen LogP contribution in [0.1, 0.15) is 412 Å². The summed E-state index contributed by atoms with van der Waals surface area (Å²) in [7, 11) is 0. The Kier molecular flexibility index (Phi) is 57.3. The standard InChI is InChI=1S/C16H27N.C14H24N2.2C13H21N.C12H20N2.C11H18N2.6Y/c1-9(2)14-12(7)15(10(3)4)17-16(11(5)6)13(14)8;1-8(2)12-11(7)13(9(3)4)16-14(15-12)10(5)6;1-8(2)12-10(5)7-14-13(9(3)4)11(12)6;1-8(2)12-10(5)7-11(6)13(14-12)9(3)4;1-7(2)11-9(5)13-10(6)12(14-11)8(3)4;1-7(2)10-9(5)6-12-11(13-10)8(3)4;;;;;;/h9-11H,1-8H3;8-10H,1-7H3;2*7-9H,1-6H3;7-8H,1-6H3;6-8H,1-5H3;;;;;;. The van der Waals surface area contributed by atoms with E-state index in [0.29, 0.717) is 82.9 Å². The minimum atomic E-state index is 0. The molecule has 0 fully saturated rings. The maximum atomic E-state index is 4.91. The van der Waals surface area contributed by atoms with Gasteiger partial charge in [0, 0.05) is 266 Å². The Balaban J connectivity index is -0.000000245. The molecule has 6 radical (unpaired) electrons. The molecule has 0 N–H and O–H groups in total. The molecule has 6 aromatic heterocycles. The Hall–Kier alpha value is 1.31. The average molecular weight is 1740 g/mol. The smallest absolute Gasteiger partial charge is 0.131 e. The SMILES string of the molecule is Cc1c(C(C)C)nc(C(C)C)c(C)c1C(C)C.Cc1c(C(C)C)nc(C(C)C)nc1C(C)C.Cc1cc(C)c(C(C)C)nc1C(C)C.Cc1cnc(C(C)C)c(C)c1C(C)C.Cc1cnc(C(C)C)nc1C(C)C.Cc1nc(C)c(C(C)C)nc1C(C)C.[Y].[Y].[Y].[Y].[Y].[Y]. The third-order valence-electron chi connectivity index (χ3n) is 16.2. The van der Waals surface area contributed by atoms with E-state index in [0.717, 1.165) is 34.4 Å². The predicted octanol–water partition coefficient (Wildman–Crippen LogP) is 23.5. The van der Waals surface area contributed by atoms with Gasteiger partial charge in [-0.2, -0.15) is 0 Å². The minimum absolute atomic E-state index is 0. The van der Waals surface area contributed by atoms with E-state index in [2.05, 4.69) is 275 Å². The Morgan fingerprint density at radius 1 is 0.202 bits per heavy atom. The van der Waals surface area contributed by atoms with Gasteiger partial charge in [-0.05, 0) is 196 Å². The van der Waals surface area contributed by atoms with Gasteiger partial charge in [-0.25, -0.2) is 19.9 Å².